The van der Waals surface area contributed by atoms with E-state index in [1.165, 1.54) is 18.4 Å². The van der Waals surface area contributed by atoms with Crippen LogP contribution >= 0.6 is 0 Å². The van der Waals surface area contributed by atoms with E-state index in [9.17, 15) is 0 Å². The monoisotopic (exact) mass is 220 g/mol. The summed E-state index contributed by atoms with van der Waals surface area (Å²) in [5, 5.41) is 0. The van der Waals surface area contributed by atoms with Gasteiger partial charge in [-0.1, -0.05) is 19.1 Å². The van der Waals surface area contributed by atoms with Crippen molar-refractivity contribution in [2.75, 3.05) is 13.2 Å². The Kier molecular flexibility index (Phi) is 4.23. The Morgan fingerprint density at radius 2 is 2.31 bits per heavy atom. The molecule has 0 unspecified atom stereocenters. The summed E-state index contributed by atoms with van der Waals surface area (Å²) in [7, 11) is 0. The van der Waals surface area contributed by atoms with Crippen LogP contribution in [0.1, 0.15) is 31.7 Å². The third-order valence-corrected chi connectivity index (χ3v) is 3.02. The molecule has 1 aliphatic rings. The van der Waals surface area contributed by atoms with E-state index in [2.05, 4.69) is 25.1 Å². The van der Waals surface area contributed by atoms with Crippen LogP contribution < -0.4 is 4.74 Å². The molecule has 0 spiro atoms. The first-order chi connectivity index (χ1) is 7.88. The molecule has 1 saturated heterocycles. The molecule has 88 valence electrons. The van der Waals surface area contributed by atoms with Gasteiger partial charge in [0.25, 0.3) is 0 Å². The Hall–Kier alpha value is -1.02. The minimum Gasteiger partial charge on any atom is -0.491 e. The molecule has 0 amide bonds. The summed E-state index contributed by atoms with van der Waals surface area (Å²) < 4.78 is 11.4. The molecule has 2 rings (SSSR count). The van der Waals surface area contributed by atoms with Gasteiger partial charge in [0.1, 0.15) is 12.4 Å². The van der Waals surface area contributed by atoms with E-state index in [1.54, 1.807) is 0 Å². The zero-order valence-electron chi connectivity index (χ0n) is 9.95. The SMILES string of the molecule is CCc1cccc(OC[C@@H]2CCCCO2)c1. The van der Waals surface area contributed by atoms with Crippen molar-refractivity contribution in [1.82, 2.24) is 0 Å². The fourth-order valence-corrected chi connectivity index (χ4v) is 1.98. The third-order valence-electron chi connectivity index (χ3n) is 3.02. The molecular weight excluding hydrogens is 200 g/mol. The van der Waals surface area contributed by atoms with Crippen LogP contribution in [0.15, 0.2) is 24.3 Å². The lowest BCUT2D eigenvalue weighted by atomic mass is 10.1. The fourth-order valence-electron chi connectivity index (χ4n) is 1.98. The van der Waals surface area contributed by atoms with Crippen molar-refractivity contribution in [3.05, 3.63) is 29.8 Å². The molecule has 1 aliphatic heterocycles. The van der Waals surface area contributed by atoms with Crippen molar-refractivity contribution in [2.45, 2.75) is 38.7 Å². The van der Waals surface area contributed by atoms with Crippen LogP contribution in [0.3, 0.4) is 0 Å². The minimum atomic E-state index is 0.291. The molecule has 1 atom stereocenters. The van der Waals surface area contributed by atoms with E-state index in [0.29, 0.717) is 12.7 Å². The first-order valence-corrected chi connectivity index (χ1v) is 6.22. The van der Waals surface area contributed by atoms with E-state index in [1.807, 2.05) is 6.07 Å². The van der Waals surface area contributed by atoms with Gasteiger partial charge in [0.05, 0.1) is 6.10 Å². The average molecular weight is 220 g/mol. The summed E-state index contributed by atoms with van der Waals surface area (Å²) in [6.07, 6.45) is 4.94. The molecule has 0 N–H and O–H groups in total. The molecule has 0 aliphatic carbocycles. The highest BCUT2D eigenvalue weighted by molar-refractivity contribution is 5.28. The molecule has 0 radical (unpaired) electrons. The van der Waals surface area contributed by atoms with Gasteiger partial charge >= 0.3 is 0 Å². The van der Waals surface area contributed by atoms with Crippen LogP contribution in [0.5, 0.6) is 5.75 Å². The molecule has 1 fully saturated rings. The summed E-state index contributed by atoms with van der Waals surface area (Å²) in [5.41, 5.74) is 1.32. The number of ether oxygens (including phenoxy) is 2. The van der Waals surface area contributed by atoms with Crippen molar-refractivity contribution < 1.29 is 9.47 Å². The van der Waals surface area contributed by atoms with Crippen LogP contribution in [0.25, 0.3) is 0 Å². The summed E-state index contributed by atoms with van der Waals surface area (Å²) in [4.78, 5) is 0. The second-order valence-corrected chi connectivity index (χ2v) is 4.30. The first kappa shape index (κ1) is 11.5. The molecule has 16 heavy (non-hydrogen) atoms. The van der Waals surface area contributed by atoms with Gasteiger partial charge in [-0.2, -0.15) is 0 Å². The third kappa shape index (κ3) is 3.24. The molecule has 1 aromatic carbocycles. The normalized spacial score (nSPS) is 20.7. The molecule has 0 bridgehead atoms. The Morgan fingerprint density at radius 3 is 3.06 bits per heavy atom. The molecule has 0 aromatic heterocycles. The van der Waals surface area contributed by atoms with Crippen molar-refractivity contribution in [3.8, 4) is 5.75 Å². The van der Waals surface area contributed by atoms with E-state index < -0.39 is 0 Å². The van der Waals surface area contributed by atoms with Gasteiger partial charge in [-0.05, 0) is 43.4 Å². The Labute approximate surface area is 97.6 Å². The lowest BCUT2D eigenvalue weighted by Crippen LogP contribution is -2.25. The second-order valence-electron chi connectivity index (χ2n) is 4.30. The maximum absolute atomic E-state index is 5.76. The maximum atomic E-state index is 5.76. The smallest absolute Gasteiger partial charge is 0.119 e. The largest absolute Gasteiger partial charge is 0.491 e. The maximum Gasteiger partial charge on any atom is 0.119 e. The lowest BCUT2D eigenvalue weighted by Gasteiger charge is -2.22. The molecule has 2 nitrogen and oxygen atoms in total. The molecule has 1 heterocycles. The van der Waals surface area contributed by atoms with Gasteiger partial charge in [0.15, 0.2) is 0 Å². The summed E-state index contributed by atoms with van der Waals surface area (Å²) >= 11 is 0. The van der Waals surface area contributed by atoms with Gasteiger partial charge < -0.3 is 9.47 Å². The topological polar surface area (TPSA) is 18.5 Å². The van der Waals surface area contributed by atoms with Crippen molar-refractivity contribution in [1.29, 1.82) is 0 Å². The fraction of sp³-hybridized carbons (Fsp3) is 0.571. The zero-order chi connectivity index (χ0) is 11.2. The second kappa shape index (κ2) is 5.90. The first-order valence-electron chi connectivity index (χ1n) is 6.22. The van der Waals surface area contributed by atoms with Crippen LogP contribution in [-0.4, -0.2) is 19.3 Å². The zero-order valence-corrected chi connectivity index (χ0v) is 9.95. The minimum absolute atomic E-state index is 0.291. The quantitative estimate of drug-likeness (QED) is 0.775. The molecule has 1 aromatic rings. The van der Waals surface area contributed by atoms with Gasteiger partial charge in [-0.15, -0.1) is 0 Å². The number of hydrogen-bond acceptors (Lipinski definition) is 2. The molecule has 0 saturated carbocycles. The van der Waals surface area contributed by atoms with Crippen LogP contribution in [0.2, 0.25) is 0 Å². The number of aryl methyl sites for hydroxylation is 1. The summed E-state index contributed by atoms with van der Waals surface area (Å²) in [6, 6.07) is 8.31. The van der Waals surface area contributed by atoms with Gasteiger partial charge in [0, 0.05) is 6.61 Å². The van der Waals surface area contributed by atoms with E-state index >= 15 is 0 Å². The average Bonchev–Trinajstić information content (AvgIpc) is 2.38. The Bertz CT molecular complexity index is 316. The van der Waals surface area contributed by atoms with Crippen molar-refractivity contribution in [3.63, 3.8) is 0 Å². The summed E-state index contributed by atoms with van der Waals surface area (Å²) in [6.45, 7) is 3.74. The predicted octanol–water partition coefficient (Wildman–Crippen LogP) is 3.20. The predicted molar refractivity (Wildman–Crippen MR) is 64.9 cm³/mol. The summed E-state index contributed by atoms with van der Waals surface area (Å²) in [5.74, 6) is 0.966. The van der Waals surface area contributed by atoms with E-state index in [0.717, 1.165) is 25.2 Å². The Morgan fingerprint density at radius 1 is 1.38 bits per heavy atom. The van der Waals surface area contributed by atoms with E-state index in [4.69, 9.17) is 9.47 Å². The number of rotatable bonds is 4. The lowest BCUT2D eigenvalue weighted by molar-refractivity contribution is -0.0110. The van der Waals surface area contributed by atoms with Crippen LogP contribution in [0, 0.1) is 0 Å². The van der Waals surface area contributed by atoms with Crippen LogP contribution in [-0.2, 0) is 11.2 Å². The number of hydrogen-bond donors (Lipinski definition) is 0. The Balaban J connectivity index is 1.83. The molecular formula is C14H20O2. The highest BCUT2D eigenvalue weighted by atomic mass is 16.5. The van der Waals surface area contributed by atoms with Crippen LogP contribution in [0.4, 0.5) is 0 Å². The van der Waals surface area contributed by atoms with E-state index in [-0.39, 0.29) is 0 Å². The highest BCUT2D eigenvalue weighted by Gasteiger charge is 2.14. The van der Waals surface area contributed by atoms with Gasteiger partial charge in [0.2, 0.25) is 0 Å². The molecule has 2 heteroatoms. The van der Waals surface area contributed by atoms with Crippen molar-refractivity contribution in [2.24, 2.45) is 0 Å². The standard InChI is InChI=1S/C14H20O2/c1-2-12-6-5-8-13(10-12)16-11-14-7-3-4-9-15-14/h5-6,8,10,14H,2-4,7,9,11H2,1H3/t14-/m0/s1. The highest BCUT2D eigenvalue weighted by Crippen LogP contribution is 2.17. The van der Waals surface area contributed by atoms with Crippen molar-refractivity contribution >= 4 is 0 Å². The van der Waals surface area contributed by atoms with Gasteiger partial charge in [-0.3, -0.25) is 0 Å². The van der Waals surface area contributed by atoms with Gasteiger partial charge in [-0.25, -0.2) is 0 Å². The number of benzene rings is 1.